The molecule has 6 heteroatoms. The Bertz CT molecular complexity index is 1240. The molecule has 0 saturated carbocycles. The molecule has 2 aromatic carbocycles. The van der Waals surface area contributed by atoms with Crippen LogP contribution in [0, 0.1) is 0 Å². The van der Waals surface area contributed by atoms with Crippen molar-refractivity contribution in [1.29, 1.82) is 0 Å². The van der Waals surface area contributed by atoms with Crippen molar-refractivity contribution in [2.45, 2.75) is 13.1 Å². The number of aryl methyl sites for hydroxylation is 1. The van der Waals surface area contributed by atoms with Gasteiger partial charge in [0.15, 0.2) is 0 Å². The molecule has 1 N–H and O–H groups in total. The first kappa shape index (κ1) is 17.6. The van der Waals surface area contributed by atoms with Gasteiger partial charge in [-0.15, -0.1) is 0 Å². The summed E-state index contributed by atoms with van der Waals surface area (Å²) in [5.74, 6) is 0.402. The van der Waals surface area contributed by atoms with Gasteiger partial charge in [-0.3, -0.25) is 9.69 Å². The first-order valence-electron chi connectivity index (χ1n) is 9.55. The van der Waals surface area contributed by atoms with E-state index in [1.807, 2.05) is 48.1 Å². The Morgan fingerprint density at radius 3 is 2.66 bits per heavy atom. The molecule has 1 aliphatic heterocycles. The van der Waals surface area contributed by atoms with Crippen LogP contribution in [-0.4, -0.2) is 32.4 Å². The monoisotopic (exact) mass is 383 g/mol. The summed E-state index contributed by atoms with van der Waals surface area (Å²) >= 11 is 0. The zero-order valence-electron chi connectivity index (χ0n) is 16.4. The summed E-state index contributed by atoms with van der Waals surface area (Å²) in [6, 6.07) is 14.0. The Morgan fingerprint density at radius 1 is 0.966 bits per heavy atom. The molecule has 0 saturated heterocycles. The number of anilines is 1. The smallest absolute Gasteiger partial charge is 0.256 e. The van der Waals surface area contributed by atoms with Crippen LogP contribution >= 0.6 is 0 Å². The van der Waals surface area contributed by atoms with E-state index in [2.05, 4.69) is 39.4 Å². The number of hydrogen-bond donors (Lipinski definition) is 1. The third-order valence-corrected chi connectivity index (χ3v) is 5.42. The highest BCUT2D eigenvalue weighted by atomic mass is 16.1. The highest BCUT2D eigenvalue weighted by Crippen LogP contribution is 2.26. The lowest BCUT2D eigenvalue weighted by molar-refractivity contribution is 0.102. The molecular weight excluding hydrogens is 362 g/mol. The van der Waals surface area contributed by atoms with E-state index in [0.29, 0.717) is 11.4 Å². The Balaban J connectivity index is 1.42. The summed E-state index contributed by atoms with van der Waals surface area (Å²) in [4.78, 5) is 23.6. The number of rotatable bonds is 3. The molecule has 0 radical (unpaired) electrons. The number of aromatic nitrogens is 3. The fraction of sp³-hybridized carbons (Fsp3) is 0.174. The molecule has 0 atom stereocenters. The highest BCUT2D eigenvalue weighted by molar-refractivity contribution is 6.04. The van der Waals surface area contributed by atoms with Gasteiger partial charge in [0.05, 0.1) is 18.2 Å². The maximum atomic E-state index is 12.8. The zero-order chi connectivity index (χ0) is 20.0. The van der Waals surface area contributed by atoms with Gasteiger partial charge in [-0.1, -0.05) is 18.2 Å². The number of hydrogen-bond acceptors (Lipinski definition) is 4. The summed E-state index contributed by atoms with van der Waals surface area (Å²) in [7, 11) is 4.05. The van der Waals surface area contributed by atoms with Crippen LogP contribution in [0.3, 0.4) is 0 Å². The molecule has 0 aliphatic carbocycles. The normalized spacial score (nSPS) is 13.6. The number of benzene rings is 2. The lowest BCUT2D eigenvalue weighted by atomic mass is 10.1. The minimum atomic E-state index is -0.142. The van der Waals surface area contributed by atoms with Crippen molar-refractivity contribution in [1.82, 2.24) is 19.4 Å². The van der Waals surface area contributed by atoms with Gasteiger partial charge in [-0.05, 0) is 47.8 Å². The number of carbonyl (C=O) groups is 1. The first-order valence-corrected chi connectivity index (χ1v) is 9.55. The van der Waals surface area contributed by atoms with E-state index in [-0.39, 0.29) is 5.91 Å². The standard InChI is InChI=1S/C23H21N5O/c1-27-12-18-6-4-16(8-20(18)13-27)23(29)26-22-9-19-7-15(3-5-17(19)10-25-22)21-11-24-14-28(21)2/h3-11,14H,12-13H2,1-2H3,(H,25,26,29). The number of nitrogens with one attached hydrogen (secondary N) is 1. The van der Waals surface area contributed by atoms with Gasteiger partial charge in [0.2, 0.25) is 0 Å². The molecule has 144 valence electrons. The second kappa shape index (κ2) is 6.83. The second-order valence-corrected chi connectivity index (χ2v) is 7.63. The number of pyridine rings is 1. The number of amides is 1. The van der Waals surface area contributed by atoms with E-state index >= 15 is 0 Å². The molecule has 6 nitrogen and oxygen atoms in total. The van der Waals surface area contributed by atoms with Gasteiger partial charge < -0.3 is 9.88 Å². The minimum absolute atomic E-state index is 0.142. The van der Waals surface area contributed by atoms with Crippen molar-refractivity contribution in [2.75, 3.05) is 12.4 Å². The van der Waals surface area contributed by atoms with Crippen molar-refractivity contribution < 1.29 is 4.79 Å². The summed E-state index contributed by atoms with van der Waals surface area (Å²) in [6.45, 7) is 1.81. The van der Waals surface area contributed by atoms with Gasteiger partial charge in [0.1, 0.15) is 5.82 Å². The predicted octanol–water partition coefficient (Wildman–Crippen LogP) is 3.83. The van der Waals surface area contributed by atoms with E-state index in [4.69, 9.17) is 0 Å². The Labute approximate surface area is 168 Å². The van der Waals surface area contributed by atoms with Crippen LogP contribution in [0.2, 0.25) is 0 Å². The molecule has 3 heterocycles. The Morgan fingerprint density at radius 2 is 1.83 bits per heavy atom. The van der Waals surface area contributed by atoms with Crippen LogP contribution < -0.4 is 5.32 Å². The molecule has 1 amide bonds. The summed E-state index contributed by atoms with van der Waals surface area (Å²) in [5, 5.41) is 4.98. The molecule has 0 unspecified atom stereocenters. The van der Waals surface area contributed by atoms with Crippen molar-refractivity contribution in [3.8, 4) is 11.3 Å². The maximum absolute atomic E-state index is 12.8. The number of nitrogens with zero attached hydrogens (tertiary/aromatic N) is 4. The third kappa shape index (κ3) is 3.28. The summed E-state index contributed by atoms with van der Waals surface area (Å²) in [5.41, 5.74) is 5.27. The molecule has 0 bridgehead atoms. The summed E-state index contributed by atoms with van der Waals surface area (Å²) < 4.78 is 1.98. The molecule has 4 aromatic rings. The lowest BCUT2D eigenvalue weighted by Gasteiger charge is -2.08. The number of imidazole rings is 1. The molecule has 2 aromatic heterocycles. The quantitative estimate of drug-likeness (QED) is 0.584. The van der Waals surface area contributed by atoms with Crippen molar-refractivity contribution in [3.63, 3.8) is 0 Å². The van der Waals surface area contributed by atoms with Gasteiger partial charge in [-0.25, -0.2) is 9.97 Å². The van der Waals surface area contributed by atoms with Gasteiger partial charge in [0, 0.05) is 42.8 Å². The van der Waals surface area contributed by atoms with E-state index in [0.717, 1.165) is 35.1 Å². The first-order chi connectivity index (χ1) is 14.1. The van der Waals surface area contributed by atoms with E-state index in [9.17, 15) is 4.79 Å². The van der Waals surface area contributed by atoms with Crippen LogP contribution in [-0.2, 0) is 20.1 Å². The fourth-order valence-electron chi connectivity index (χ4n) is 3.90. The Kier molecular flexibility index (Phi) is 4.14. The minimum Gasteiger partial charge on any atom is -0.334 e. The second-order valence-electron chi connectivity index (χ2n) is 7.63. The SMILES string of the molecule is CN1Cc2ccc(C(=O)Nc3cc4cc(-c5cncn5C)ccc4cn3)cc2C1. The van der Waals surface area contributed by atoms with Crippen LogP contribution in [0.5, 0.6) is 0 Å². The van der Waals surface area contributed by atoms with Gasteiger partial charge in [0.25, 0.3) is 5.91 Å². The summed E-state index contributed by atoms with van der Waals surface area (Å²) in [6.07, 6.45) is 5.41. The van der Waals surface area contributed by atoms with Crippen molar-refractivity contribution in [3.05, 3.63) is 77.9 Å². The molecular formula is C23H21N5O. The average Bonchev–Trinajstić information content (AvgIpc) is 3.31. The largest absolute Gasteiger partial charge is 0.334 e. The van der Waals surface area contributed by atoms with Crippen LogP contribution in [0.15, 0.2) is 61.2 Å². The molecule has 0 fully saturated rings. The van der Waals surface area contributed by atoms with Crippen LogP contribution in [0.4, 0.5) is 5.82 Å². The van der Waals surface area contributed by atoms with Gasteiger partial charge in [-0.2, -0.15) is 0 Å². The van der Waals surface area contributed by atoms with E-state index < -0.39 is 0 Å². The van der Waals surface area contributed by atoms with E-state index in [1.54, 1.807) is 12.5 Å². The number of carbonyl (C=O) groups excluding carboxylic acids is 1. The number of fused-ring (bicyclic) bond motifs is 2. The maximum Gasteiger partial charge on any atom is 0.256 e. The van der Waals surface area contributed by atoms with Crippen molar-refractivity contribution in [2.24, 2.45) is 7.05 Å². The lowest BCUT2D eigenvalue weighted by Crippen LogP contribution is -2.13. The van der Waals surface area contributed by atoms with Crippen LogP contribution in [0.25, 0.3) is 22.0 Å². The zero-order valence-corrected chi connectivity index (χ0v) is 16.4. The average molecular weight is 383 g/mol. The van der Waals surface area contributed by atoms with Crippen molar-refractivity contribution >= 4 is 22.5 Å². The molecule has 29 heavy (non-hydrogen) atoms. The van der Waals surface area contributed by atoms with Crippen LogP contribution in [0.1, 0.15) is 21.5 Å². The third-order valence-electron chi connectivity index (χ3n) is 5.42. The predicted molar refractivity (Wildman–Crippen MR) is 114 cm³/mol. The van der Waals surface area contributed by atoms with Gasteiger partial charge >= 0.3 is 0 Å². The van der Waals surface area contributed by atoms with E-state index in [1.165, 1.54) is 11.1 Å². The molecule has 0 spiro atoms. The Hall–Kier alpha value is -3.51. The fourth-order valence-corrected chi connectivity index (χ4v) is 3.90. The highest BCUT2D eigenvalue weighted by Gasteiger charge is 2.17. The molecule has 5 rings (SSSR count). The topological polar surface area (TPSA) is 63.1 Å². The molecule has 1 aliphatic rings.